The van der Waals surface area contributed by atoms with E-state index in [1.54, 1.807) is 4.90 Å². The highest BCUT2D eigenvalue weighted by molar-refractivity contribution is 5.96. The van der Waals surface area contributed by atoms with Gasteiger partial charge in [-0.3, -0.25) is 9.59 Å². The zero-order chi connectivity index (χ0) is 14.4. The van der Waals surface area contributed by atoms with Gasteiger partial charge in [-0.25, -0.2) is 0 Å². The Hall–Kier alpha value is -1.06. The third-order valence-electron chi connectivity index (χ3n) is 5.04. The van der Waals surface area contributed by atoms with Crippen molar-refractivity contribution in [2.45, 2.75) is 59.5 Å². The van der Waals surface area contributed by atoms with Gasteiger partial charge in [0.15, 0.2) is 0 Å². The molecule has 2 rings (SSSR count). The second-order valence-electron chi connectivity index (χ2n) is 6.93. The van der Waals surface area contributed by atoms with Gasteiger partial charge in [-0.15, -0.1) is 0 Å². The molecule has 0 radical (unpaired) electrons. The third-order valence-corrected chi connectivity index (χ3v) is 5.04. The summed E-state index contributed by atoms with van der Waals surface area (Å²) in [6.07, 6.45) is 2.05. The van der Waals surface area contributed by atoms with Crippen LogP contribution < -0.4 is 5.32 Å². The van der Waals surface area contributed by atoms with Crippen LogP contribution in [0.1, 0.15) is 47.5 Å². The van der Waals surface area contributed by atoms with Crippen molar-refractivity contribution in [3.05, 3.63) is 0 Å². The Balaban J connectivity index is 2.10. The van der Waals surface area contributed by atoms with Crippen LogP contribution in [0.25, 0.3) is 0 Å². The summed E-state index contributed by atoms with van der Waals surface area (Å²) in [6.45, 7) is 11.1. The van der Waals surface area contributed by atoms with Gasteiger partial charge in [0.05, 0.1) is 0 Å². The minimum absolute atomic E-state index is 0.0108. The number of hydrogen-bond acceptors (Lipinski definition) is 2. The Morgan fingerprint density at radius 3 is 2.47 bits per heavy atom. The van der Waals surface area contributed by atoms with Crippen molar-refractivity contribution in [1.29, 1.82) is 0 Å². The Labute approximate surface area is 115 Å². The number of carbonyl (C=O) groups is 2. The molecule has 19 heavy (non-hydrogen) atoms. The molecule has 1 saturated carbocycles. The van der Waals surface area contributed by atoms with Crippen LogP contribution in [0.5, 0.6) is 0 Å². The van der Waals surface area contributed by atoms with Gasteiger partial charge >= 0.3 is 0 Å². The number of amides is 2. The molecule has 0 aromatic heterocycles. The smallest absolute Gasteiger partial charge is 0.246 e. The Bertz CT molecular complexity index is 392. The summed E-state index contributed by atoms with van der Waals surface area (Å²) in [4.78, 5) is 26.4. The summed E-state index contributed by atoms with van der Waals surface area (Å²) < 4.78 is 0. The summed E-state index contributed by atoms with van der Waals surface area (Å²) in [6, 6.07) is -0.667. The van der Waals surface area contributed by atoms with Crippen LogP contribution in [0.3, 0.4) is 0 Å². The molecule has 1 aliphatic carbocycles. The first-order valence-corrected chi connectivity index (χ1v) is 7.38. The molecule has 4 heteroatoms. The lowest BCUT2D eigenvalue weighted by Gasteiger charge is -2.39. The van der Waals surface area contributed by atoms with Crippen LogP contribution in [0, 0.1) is 17.3 Å². The predicted octanol–water partition coefficient (Wildman–Crippen LogP) is 1.79. The first-order valence-electron chi connectivity index (χ1n) is 7.38. The molecule has 4 atom stereocenters. The second-order valence-corrected chi connectivity index (χ2v) is 6.93. The molecule has 4 nitrogen and oxygen atoms in total. The molecule has 0 aromatic carbocycles. The van der Waals surface area contributed by atoms with Crippen molar-refractivity contribution in [1.82, 2.24) is 10.2 Å². The first kappa shape index (κ1) is 14.4. The molecule has 1 heterocycles. The average molecular weight is 266 g/mol. The van der Waals surface area contributed by atoms with Gasteiger partial charge in [0.2, 0.25) is 11.8 Å². The van der Waals surface area contributed by atoms with Crippen LogP contribution in [0.4, 0.5) is 0 Å². The van der Waals surface area contributed by atoms with E-state index in [0.717, 1.165) is 19.4 Å². The zero-order valence-electron chi connectivity index (χ0n) is 12.7. The van der Waals surface area contributed by atoms with Gasteiger partial charge in [-0.05, 0) is 30.6 Å². The molecule has 1 N–H and O–H groups in total. The van der Waals surface area contributed by atoms with Crippen molar-refractivity contribution in [2.75, 3.05) is 6.54 Å². The number of nitrogens with zero attached hydrogens (tertiary/aromatic N) is 1. The van der Waals surface area contributed by atoms with Gasteiger partial charge in [0.25, 0.3) is 0 Å². The van der Waals surface area contributed by atoms with E-state index in [1.807, 2.05) is 13.8 Å². The summed E-state index contributed by atoms with van der Waals surface area (Å²) in [5.74, 6) is 0.827. The molecule has 2 amide bonds. The Morgan fingerprint density at radius 2 is 2.00 bits per heavy atom. The maximum Gasteiger partial charge on any atom is 0.246 e. The van der Waals surface area contributed by atoms with Crippen LogP contribution in [-0.2, 0) is 9.59 Å². The summed E-state index contributed by atoms with van der Waals surface area (Å²) in [5.41, 5.74) is 0.333. The Kier molecular flexibility index (Phi) is 3.63. The third kappa shape index (κ3) is 2.63. The fraction of sp³-hybridized carbons (Fsp3) is 0.867. The second kappa shape index (κ2) is 4.80. The molecule has 0 bridgehead atoms. The van der Waals surface area contributed by atoms with Crippen molar-refractivity contribution in [3.63, 3.8) is 0 Å². The number of carbonyl (C=O) groups excluding carboxylic acids is 2. The molecule has 108 valence electrons. The summed E-state index contributed by atoms with van der Waals surface area (Å²) >= 11 is 0. The average Bonchev–Trinajstić information content (AvgIpc) is 2.96. The lowest BCUT2D eigenvalue weighted by molar-refractivity contribution is -0.150. The van der Waals surface area contributed by atoms with Crippen molar-refractivity contribution in [2.24, 2.45) is 17.3 Å². The molecule has 0 spiro atoms. The molecule has 2 fully saturated rings. The fourth-order valence-corrected chi connectivity index (χ4v) is 2.84. The van der Waals surface area contributed by atoms with Gasteiger partial charge in [-0.1, -0.05) is 34.1 Å². The molecular weight excluding hydrogens is 240 g/mol. The highest BCUT2D eigenvalue weighted by Gasteiger charge is 2.49. The zero-order valence-corrected chi connectivity index (χ0v) is 12.7. The highest BCUT2D eigenvalue weighted by Crippen LogP contribution is 2.52. The van der Waals surface area contributed by atoms with Gasteiger partial charge in [0.1, 0.15) is 12.1 Å². The summed E-state index contributed by atoms with van der Waals surface area (Å²) in [5, 5.41) is 2.88. The lowest BCUT2D eigenvalue weighted by Crippen LogP contribution is -2.64. The van der Waals surface area contributed by atoms with Crippen LogP contribution in [0.15, 0.2) is 0 Å². The molecule has 0 aromatic rings. The highest BCUT2D eigenvalue weighted by atomic mass is 16.2. The van der Waals surface area contributed by atoms with E-state index in [9.17, 15) is 9.59 Å². The number of piperazine rings is 1. The molecule has 1 saturated heterocycles. The predicted molar refractivity (Wildman–Crippen MR) is 74.4 cm³/mol. The Morgan fingerprint density at radius 1 is 1.42 bits per heavy atom. The quantitative estimate of drug-likeness (QED) is 0.843. The van der Waals surface area contributed by atoms with Crippen LogP contribution in [-0.4, -0.2) is 35.3 Å². The topological polar surface area (TPSA) is 49.4 Å². The SMILES string of the molecule is CCC(C)C1NC(=O)C(C)N(CC2CC2(C)C)C1=O. The van der Waals surface area contributed by atoms with E-state index in [2.05, 4.69) is 26.1 Å². The van der Waals surface area contributed by atoms with E-state index in [4.69, 9.17) is 0 Å². The van der Waals surface area contributed by atoms with Crippen LogP contribution >= 0.6 is 0 Å². The first-order chi connectivity index (χ1) is 8.77. The van der Waals surface area contributed by atoms with Crippen LogP contribution in [0.2, 0.25) is 0 Å². The maximum atomic E-state index is 12.6. The molecule has 4 unspecified atom stereocenters. The molecular formula is C15H26N2O2. The maximum absolute atomic E-state index is 12.6. The summed E-state index contributed by atoms with van der Waals surface area (Å²) in [7, 11) is 0. The van der Waals surface area contributed by atoms with Crippen molar-refractivity contribution >= 4 is 11.8 Å². The largest absolute Gasteiger partial charge is 0.342 e. The minimum Gasteiger partial charge on any atom is -0.342 e. The van der Waals surface area contributed by atoms with Crippen molar-refractivity contribution < 1.29 is 9.59 Å². The molecule has 1 aliphatic heterocycles. The molecule has 2 aliphatic rings. The van der Waals surface area contributed by atoms with E-state index >= 15 is 0 Å². The van der Waals surface area contributed by atoms with Gasteiger partial charge in [-0.2, -0.15) is 0 Å². The number of rotatable bonds is 4. The number of hydrogen-bond donors (Lipinski definition) is 1. The van der Waals surface area contributed by atoms with Gasteiger partial charge in [0, 0.05) is 6.54 Å². The lowest BCUT2D eigenvalue weighted by atomic mass is 9.94. The van der Waals surface area contributed by atoms with E-state index in [0.29, 0.717) is 11.3 Å². The number of nitrogens with one attached hydrogen (secondary N) is 1. The van der Waals surface area contributed by atoms with E-state index in [-0.39, 0.29) is 29.8 Å². The van der Waals surface area contributed by atoms with E-state index < -0.39 is 0 Å². The van der Waals surface area contributed by atoms with Gasteiger partial charge < -0.3 is 10.2 Å². The fourth-order valence-electron chi connectivity index (χ4n) is 2.84. The minimum atomic E-state index is -0.337. The van der Waals surface area contributed by atoms with Crippen molar-refractivity contribution in [3.8, 4) is 0 Å². The van der Waals surface area contributed by atoms with E-state index in [1.165, 1.54) is 0 Å². The normalized spacial score (nSPS) is 35.0. The monoisotopic (exact) mass is 266 g/mol. The standard InChI is InChI=1S/C15H26N2O2/c1-6-9(2)12-14(19)17(10(3)13(18)16-12)8-11-7-15(11,4)5/h9-12H,6-8H2,1-5H3,(H,16,18).